The average molecular weight is 254 g/mol. The van der Waals surface area contributed by atoms with E-state index in [1.165, 1.54) is 0 Å². The Morgan fingerprint density at radius 1 is 1.18 bits per heavy atom. The lowest BCUT2D eigenvalue weighted by Gasteiger charge is -2.18. The number of hydrogen-bond acceptors (Lipinski definition) is 2. The minimum atomic E-state index is -0.648. The van der Waals surface area contributed by atoms with Crippen LogP contribution in [0, 0.1) is 12.8 Å². The molecule has 1 atom stereocenters. The van der Waals surface area contributed by atoms with Gasteiger partial charge in [0.05, 0.1) is 0 Å². The maximum absolute atomic E-state index is 11.9. The van der Waals surface area contributed by atoms with Gasteiger partial charge in [-0.1, -0.05) is 31.5 Å². The monoisotopic (exact) mass is 253 g/mol. The van der Waals surface area contributed by atoms with Crippen LogP contribution in [0.3, 0.4) is 0 Å². The van der Waals surface area contributed by atoms with Gasteiger partial charge < -0.3 is 5.32 Å². The molecule has 0 saturated carbocycles. The summed E-state index contributed by atoms with van der Waals surface area (Å²) in [6.45, 7) is 5.61. The van der Waals surface area contributed by atoms with E-state index in [0.717, 1.165) is 5.56 Å². The van der Waals surface area contributed by atoms with Crippen LogP contribution in [0.4, 0.5) is 0 Å². The van der Waals surface area contributed by atoms with E-state index >= 15 is 0 Å². The van der Waals surface area contributed by atoms with Gasteiger partial charge in [0, 0.05) is 5.56 Å². The average Bonchev–Trinajstić information content (AvgIpc) is 2.25. The second kappa shape index (κ2) is 5.82. The number of hydrogen-bond donors (Lipinski definition) is 1. The predicted molar refractivity (Wildman–Crippen MR) is 68.1 cm³/mol. The lowest BCUT2D eigenvalue weighted by Crippen LogP contribution is -2.42. The maximum Gasteiger partial charge on any atom is 0.251 e. The van der Waals surface area contributed by atoms with Crippen molar-refractivity contribution in [2.75, 3.05) is 0 Å². The number of aryl methyl sites for hydroxylation is 1. The zero-order valence-electron chi connectivity index (χ0n) is 10.2. The van der Waals surface area contributed by atoms with Crippen LogP contribution in [0.25, 0.3) is 0 Å². The van der Waals surface area contributed by atoms with Crippen LogP contribution < -0.4 is 5.32 Å². The fraction of sp³-hybridized carbons (Fsp3) is 0.385. The first kappa shape index (κ1) is 13.7. The van der Waals surface area contributed by atoms with Crippen molar-refractivity contribution in [3.05, 3.63) is 35.4 Å². The molecule has 0 aliphatic heterocycles. The summed E-state index contributed by atoms with van der Waals surface area (Å²) in [5.41, 5.74) is 1.61. The molecule has 4 heteroatoms. The van der Waals surface area contributed by atoms with Crippen molar-refractivity contribution in [2.24, 2.45) is 5.92 Å². The smallest absolute Gasteiger partial charge is 0.251 e. The Morgan fingerprint density at radius 3 is 2.12 bits per heavy atom. The molecule has 1 aromatic rings. The molecule has 0 aromatic heterocycles. The van der Waals surface area contributed by atoms with Crippen molar-refractivity contribution in [3.8, 4) is 0 Å². The number of carbonyl (C=O) groups is 2. The molecule has 0 spiro atoms. The fourth-order valence-electron chi connectivity index (χ4n) is 1.41. The van der Waals surface area contributed by atoms with E-state index in [9.17, 15) is 9.59 Å². The Bertz CT molecular complexity index is 412. The first-order valence-electron chi connectivity index (χ1n) is 5.48. The number of amides is 1. The standard InChI is InChI=1S/C13H16ClNO2/c1-8(2)11(12(14)16)15-13(17)10-6-4-9(3)5-7-10/h4-8,11H,1-3H3,(H,15,17). The number of carbonyl (C=O) groups excluding carboxylic acids is 2. The summed E-state index contributed by atoms with van der Waals surface area (Å²) in [5.74, 6) is -0.313. The molecule has 0 heterocycles. The van der Waals surface area contributed by atoms with Crippen LogP contribution in [0.15, 0.2) is 24.3 Å². The summed E-state index contributed by atoms with van der Waals surface area (Å²) >= 11 is 5.44. The minimum absolute atomic E-state index is 0.0330. The normalized spacial score (nSPS) is 12.3. The summed E-state index contributed by atoms with van der Waals surface area (Å²) in [6, 6.07) is 6.50. The second-order valence-electron chi connectivity index (χ2n) is 4.37. The highest BCUT2D eigenvalue weighted by Crippen LogP contribution is 2.08. The van der Waals surface area contributed by atoms with Gasteiger partial charge >= 0.3 is 0 Å². The van der Waals surface area contributed by atoms with Crippen LogP contribution in [0.2, 0.25) is 0 Å². The largest absolute Gasteiger partial charge is 0.341 e. The Morgan fingerprint density at radius 2 is 1.71 bits per heavy atom. The molecule has 0 saturated heterocycles. The van der Waals surface area contributed by atoms with Crippen LogP contribution in [-0.4, -0.2) is 17.2 Å². The first-order chi connectivity index (χ1) is 7.91. The van der Waals surface area contributed by atoms with Gasteiger partial charge in [-0.05, 0) is 36.6 Å². The highest BCUT2D eigenvalue weighted by molar-refractivity contribution is 6.64. The van der Waals surface area contributed by atoms with E-state index < -0.39 is 11.3 Å². The van der Waals surface area contributed by atoms with Crippen molar-refractivity contribution in [1.29, 1.82) is 0 Å². The van der Waals surface area contributed by atoms with Gasteiger partial charge in [0.1, 0.15) is 6.04 Å². The third kappa shape index (κ3) is 3.86. The van der Waals surface area contributed by atoms with E-state index in [-0.39, 0.29) is 11.8 Å². The Balaban J connectivity index is 2.77. The first-order valence-corrected chi connectivity index (χ1v) is 5.86. The van der Waals surface area contributed by atoms with E-state index in [1.54, 1.807) is 12.1 Å². The Labute approximate surface area is 106 Å². The molecule has 1 unspecified atom stereocenters. The molecule has 0 aliphatic carbocycles. The quantitative estimate of drug-likeness (QED) is 0.838. The van der Waals surface area contributed by atoms with Crippen molar-refractivity contribution < 1.29 is 9.59 Å². The minimum Gasteiger partial charge on any atom is -0.341 e. The van der Waals surface area contributed by atoms with E-state index in [1.807, 2.05) is 32.9 Å². The van der Waals surface area contributed by atoms with E-state index in [0.29, 0.717) is 5.56 Å². The summed E-state index contributed by atoms with van der Waals surface area (Å²) < 4.78 is 0. The summed E-state index contributed by atoms with van der Waals surface area (Å²) in [6.07, 6.45) is 0. The topological polar surface area (TPSA) is 46.2 Å². The number of rotatable bonds is 4. The molecule has 1 rings (SSSR count). The van der Waals surface area contributed by atoms with Gasteiger partial charge in [-0.25, -0.2) is 0 Å². The summed E-state index contributed by atoms with van der Waals surface area (Å²) in [5, 5.41) is 2.09. The third-order valence-corrected chi connectivity index (χ3v) is 2.75. The van der Waals surface area contributed by atoms with E-state index in [2.05, 4.69) is 5.32 Å². The maximum atomic E-state index is 11.9. The highest BCUT2D eigenvalue weighted by atomic mass is 35.5. The van der Waals surface area contributed by atoms with Gasteiger partial charge in [-0.15, -0.1) is 0 Å². The number of nitrogens with one attached hydrogen (secondary N) is 1. The molecule has 1 N–H and O–H groups in total. The third-order valence-electron chi connectivity index (χ3n) is 2.51. The second-order valence-corrected chi connectivity index (χ2v) is 4.74. The van der Waals surface area contributed by atoms with E-state index in [4.69, 9.17) is 11.6 Å². The van der Waals surface area contributed by atoms with Crippen LogP contribution in [0.1, 0.15) is 29.8 Å². The molecule has 0 aliphatic rings. The van der Waals surface area contributed by atoms with Crippen LogP contribution in [0.5, 0.6) is 0 Å². The van der Waals surface area contributed by atoms with Gasteiger partial charge in [0.25, 0.3) is 5.91 Å². The summed E-state index contributed by atoms with van der Waals surface area (Å²) in [4.78, 5) is 23.0. The lowest BCUT2D eigenvalue weighted by molar-refractivity contribution is -0.114. The molecule has 3 nitrogen and oxygen atoms in total. The predicted octanol–water partition coefficient (Wildman–Crippen LogP) is 2.51. The van der Waals surface area contributed by atoms with Gasteiger partial charge in [-0.2, -0.15) is 0 Å². The number of benzene rings is 1. The molecule has 0 fully saturated rings. The molecule has 0 radical (unpaired) electrons. The zero-order chi connectivity index (χ0) is 13.0. The number of halogens is 1. The molecule has 0 bridgehead atoms. The Kier molecular flexibility index (Phi) is 4.70. The molecule has 17 heavy (non-hydrogen) atoms. The highest BCUT2D eigenvalue weighted by Gasteiger charge is 2.22. The zero-order valence-corrected chi connectivity index (χ0v) is 10.9. The van der Waals surface area contributed by atoms with Crippen LogP contribution in [-0.2, 0) is 4.79 Å². The molecule has 92 valence electrons. The molecule has 1 aromatic carbocycles. The van der Waals surface area contributed by atoms with Crippen molar-refractivity contribution in [2.45, 2.75) is 26.8 Å². The SMILES string of the molecule is Cc1ccc(C(=O)NC(C(=O)Cl)C(C)C)cc1. The Hall–Kier alpha value is -1.35. The summed E-state index contributed by atoms with van der Waals surface area (Å²) in [7, 11) is 0. The van der Waals surface area contributed by atoms with Crippen molar-refractivity contribution in [3.63, 3.8) is 0 Å². The van der Waals surface area contributed by atoms with Crippen molar-refractivity contribution in [1.82, 2.24) is 5.32 Å². The molecular formula is C13H16ClNO2. The van der Waals surface area contributed by atoms with Gasteiger partial charge in [0.2, 0.25) is 5.24 Å². The van der Waals surface area contributed by atoms with Gasteiger partial charge in [-0.3, -0.25) is 9.59 Å². The molecule has 1 amide bonds. The van der Waals surface area contributed by atoms with Crippen LogP contribution >= 0.6 is 11.6 Å². The lowest BCUT2D eigenvalue weighted by atomic mass is 10.0. The molecular weight excluding hydrogens is 238 g/mol. The van der Waals surface area contributed by atoms with Gasteiger partial charge in [0.15, 0.2) is 0 Å². The fourth-order valence-corrected chi connectivity index (χ4v) is 1.72. The van der Waals surface area contributed by atoms with Crippen molar-refractivity contribution >= 4 is 22.8 Å².